The summed E-state index contributed by atoms with van der Waals surface area (Å²) in [7, 11) is 0. The summed E-state index contributed by atoms with van der Waals surface area (Å²) in [6, 6.07) is 14.2. The van der Waals surface area contributed by atoms with E-state index in [1.807, 2.05) is 12.1 Å². The fourth-order valence-corrected chi connectivity index (χ4v) is 2.93. The zero-order valence-corrected chi connectivity index (χ0v) is 16.4. The smallest absolute Gasteiger partial charge is 0.275 e. The first-order valence-electron chi connectivity index (χ1n) is 9.57. The molecule has 0 radical (unpaired) electrons. The Morgan fingerprint density at radius 2 is 1.90 bits per heavy atom. The molecule has 0 saturated carbocycles. The van der Waals surface area contributed by atoms with E-state index in [1.54, 1.807) is 36.4 Å². The van der Waals surface area contributed by atoms with Gasteiger partial charge in [0.25, 0.3) is 11.5 Å². The molecule has 2 aromatic carbocycles. The molecule has 0 atom stereocenters. The maximum absolute atomic E-state index is 12.5. The lowest BCUT2D eigenvalue weighted by atomic mass is 10.1. The van der Waals surface area contributed by atoms with Crippen LogP contribution >= 0.6 is 0 Å². The van der Waals surface area contributed by atoms with Crippen LogP contribution in [0.15, 0.2) is 53.3 Å². The van der Waals surface area contributed by atoms with Gasteiger partial charge in [-0.05, 0) is 36.8 Å². The molecule has 29 heavy (non-hydrogen) atoms. The van der Waals surface area contributed by atoms with Crippen molar-refractivity contribution in [3.63, 3.8) is 0 Å². The molecule has 1 N–H and O–H groups in total. The molecule has 1 aromatic heterocycles. The monoisotopic (exact) mass is 389 g/mol. The van der Waals surface area contributed by atoms with Crippen LogP contribution in [0, 0.1) is 12.3 Å². The van der Waals surface area contributed by atoms with E-state index in [0.717, 1.165) is 18.6 Å². The van der Waals surface area contributed by atoms with Crippen LogP contribution in [0.1, 0.15) is 35.8 Å². The lowest BCUT2D eigenvalue weighted by molar-refractivity contribution is 0.0950. The van der Waals surface area contributed by atoms with Gasteiger partial charge < -0.3 is 10.1 Å². The van der Waals surface area contributed by atoms with Crippen LogP contribution in [-0.4, -0.2) is 22.3 Å². The summed E-state index contributed by atoms with van der Waals surface area (Å²) in [5.74, 6) is 2.94. The Morgan fingerprint density at radius 3 is 2.59 bits per heavy atom. The van der Waals surface area contributed by atoms with E-state index in [9.17, 15) is 9.59 Å². The summed E-state index contributed by atoms with van der Waals surface area (Å²) in [6.07, 6.45) is 7.40. The highest BCUT2D eigenvalue weighted by atomic mass is 16.5. The van der Waals surface area contributed by atoms with E-state index in [2.05, 4.69) is 23.3 Å². The fraction of sp³-hybridized carbons (Fsp3) is 0.261. The number of hydrogen-bond donors (Lipinski definition) is 1. The first-order chi connectivity index (χ1) is 14.1. The molecule has 0 spiro atoms. The summed E-state index contributed by atoms with van der Waals surface area (Å²) in [5.41, 5.74) is 0.865. The predicted octanol–water partition coefficient (Wildman–Crippen LogP) is 3.14. The van der Waals surface area contributed by atoms with Gasteiger partial charge in [0, 0.05) is 10.9 Å². The standard InChI is InChI=1S/C23H23N3O3/c1-3-5-15-29-18-12-10-17(11-13-18)22(27)24-16-21-19-8-6-7-9-20(19)23(28)26(25-21)14-4-2/h2,6-13H,3,5,14-16H2,1H3,(H,24,27). The molecule has 3 aromatic rings. The molecule has 6 heteroatoms. The minimum Gasteiger partial charge on any atom is -0.494 e. The molecule has 6 nitrogen and oxygen atoms in total. The van der Waals surface area contributed by atoms with Crippen molar-refractivity contribution in [2.75, 3.05) is 6.61 Å². The normalized spacial score (nSPS) is 10.5. The first-order valence-corrected chi connectivity index (χ1v) is 9.57. The van der Waals surface area contributed by atoms with Gasteiger partial charge in [-0.1, -0.05) is 37.5 Å². The van der Waals surface area contributed by atoms with E-state index in [4.69, 9.17) is 11.2 Å². The van der Waals surface area contributed by atoms with Gasteiger partial charge in [-0.3, -0.25) is 9.59 Å². The van der Waals surface area contributed by atoms with E-state index >= 15 is 0 Å². The number of ether oxygens (including phenoxy) is 1. The number of benzene rings is 2. The van der Waals surface area contributed by atoms with Crippen molar-refractivity contribution in [1.82, 2.24) is 15.1 Å². The van der Waals surface area contributed by atoms with Crippen LogP contribution in [0.4, 0.5) is 0 Å². The first kappa shape index (κ1) is 20.2. The van der Waals surface area contributed by atoms with Crippen LogP contribution in [0.5, 0.6) is 5.75 Å². The van der Waals surface area contributed by atoms with Crippen molar-refractivity contribution < 1.29 is 9.53 Å². The molecule has 0 aliphatic heterocycles. The van der Waals surface area contributed by atoms with Crippen molar-refractivity contribution in [3.05, 3.63) is 70.1 Å². The van der Waals surface area contributed by atoms with Gasteiger partial charge in [0.15, 0.2) is 0 Å². The zero-order valence-electron chi connectivity index (χ0n) is 16.4. The molecular formula is C23H23N3O3. The Bertz CT molecular complexity index is 1100. The molecule has 0 aliphatic rings. The molecule has 0 unspecified atom stereocenters. The molecule has 1 heterocycles. The van der Waals surface area contributed by atoms with Crippen LogP contribution in [0.25, 0.3) is 10.8 Å². The van der Waals surface area contributed by atoms with Crippen LogP contribution in [0.2, 0.25) is 0 Å². The SMILES string of the molecule is C#CCn1nc(CNC(=O)c2ccc(OCCCC)cc2)c2ccccc2c1=O. The maximum Gasteiger partial charge on any atom is 0.275 e. The Hall–Kier alpha value is -3.59. The third-order valence-corrected chi connectivity index (χ3v) is 4.48. The van der Waals surface area contributed by atoms with Crippen LogP contribution in [-0.2, 0) is 13.1 Å². The molecule has 148 valence electrons. The maximum atomic E-state index is 12.5. The molecule has 0 bridgehead atoms. The lowest BCUT2D eigenvalue weighted by Gasteiger charge is -2.11. The van der Waals surface area contributed by atoms with E-state index < -0.39 is 0 Å². The van der Waals surface area contributed by atoms with Crippen molar-refractivity contribution in [3.8, 4) is 18.1 Å². The van der Waals surface area contributed by atoms with Gasteiger partial charge in [0.05, 0.1) is 24.2 Å². The highest BCUT2D eigenvalue weighted by Crippen LogP contribution is 2.15. The number of rotatable bonds is 8. The van der Waals surface area contributed by atoms with Crippen LogP contribution < -0.4 is 15.6 Å². The zero-order chi connectivity index (χ0) is 20.6. The van der Waals surface area contributed by atoms with Gasteiger partial charge in [0.2, 0.25) is 0 Å². The molecule has 0 fully saturated rings. The van der Waals surface area contributed by atoms with Gasteiger partial charge in [0.1, 0.15) is 12.3 Å². The minimum absolute atomic E-state index is 0.0735. The number of nitrogens with zero attached hydrogens (tertiary/aromatic N) is 2. The van der Waals surface area contributed by atoms with E-state index in [1.165, 1.54) is 4.68 Å². The Morgan fingerprint density at radius 1 is 1.17 bits per heavy atom. The predicted molar refractivity (Wildman–Crippen MR) is 113 cm³/mol. The van der Waals surface area contributed by atoms with Gasteiger partial charge in [-0.2, -0.15) is 5.10 Å². The number of nitrogens with one attached hydrogen (secondary N) is 1. The number of carbonyl (C=O) groups excluding carboxylic acids is 1. The van der Waals surface area contributed by atoms with E-state index in [0.29, 0.717) is 28.6 Å². The Kier molecular flexibility index (Phi) is 6.64. The van der Waals surface area contributed by atoms with Crippen molar-refractivity contribution >= 4 is 16.7 Å². The second-order valence-corrected chi connectivity index (χ2v) is 6.57. The van der Waals surface area contributed by atoms with Gasteiger partial charge in [-0.25, -0.2) is 4.68 Å². The highest BCUT2D eigenvalue weighted by molar-refractivity contribution is 5.94. The van der Waals surface area contributed by atoms with Crippen molar-refractivity contribution in [2.24, 2.45) is 0 Å². The summed E-state index contributed by atoms with van der Waals surface area (Å²) in [6.45, 7) is 3.02. The second kappa shape index (κ2) is 9.56. The lowest BCUT2D eigenvalue weighted by Crippen LogP contribution is -2.28. The number of terminal acetylenes is 1. The number of unbranched alkanes of at least 4 members (excludes halogenated alkanes) is 1. The number of aromatic nitrogens is 2. The summed E-state index contributed by atoms with van der Waals surface area (Å²) < 4.78 is 6.86. The van der Waals surface area contributed by atoms with Crippen molar-refractivity contribution in [1.29, 1.82) is 0 Å². The number of carbonyl (C=O) groups is 1. The van der Waals surface area contributed by atoms with Crippen molar-refractivity contribution in [2.45, 2.75) is 32.9 Å². The third kappa shape index (κ3) is 4.82. The quantitative estimate of drug-likeness (QED) is 0.475. The molecule has 3 rings (SSSR count). The summed E-state index contributed by atoms with van der Waals surface area (Å²) >= 11 is 0. The molecule has 1 amide bonds. The van der Waals surface area contributed by atoms with Gasteiger partial charge in [-0.15, -0.1) is 6.42 Å². The molecule has 0 aliphatic carbocycles. The second-order valence-electron chi connectivity index (χ2n) is 6.57. The average Bonchev–Trinajstić information content (AvgIpc) is 2.75. The minimum atomic E-state index is -0.243. The topological polar surface area (TPSA) is 73.2 Å². The van der Waals surface area contributed by atoms with Crippen LogP contribution in [0.3, 0.4) is 0 Å². The average molecular weight is 389 g/mol. The van der Waals surface area contributed by atoms with E-state index in [-0.39, 0.29) is 24.6 Å². The third-order valence-electron chi connectivity index (χ3n) is 4.48. The Labute approximate surface area is 169 Å². The fourth-order valence-electron chi connectivity index (χ4n) is 2.93. The Balaban J connectivity index is 1.75. The van der Waals surface area contributed by atoms with Gasteiger partial charge >= 0.3 is 0 Å². The molecular weight excluding hydrogens is 366 g/mol. The summed E-state index contributed by atoms with van der Waals surface area (Å²) in [5, 5.41) is 8.42. The molecule has 0 saturated heterocycles. The summed E-state index contributed by atoms with van der Waals surface area (Å²) in [4.78, 5) is 25.0. The largest absolute Gasteiger partial charge is 0.494 e. The highest BCUT2D eigenvalue weighted by Gasteiger charge is 2.12. The number of amides is 1. The number of fused-ring (bicyclic) bond motifs is 1. The number of hydrogen-bond acceptors (Lipinski definition) is 4.